The van der Waals surface area contributed by atoms with Gasteiger partial charge in [-0.15, -0.1) is 10.2 Å². The molecule has 0 fully saturated rings. The maximum atomic E-state index is 13.7. The summed E-state index contributed by atoms with van der Waals surface area (Å²) in [4.78, 5) is 12.2. The SMILES string of the molecule is CS(=O)(=O)c1ccc(-c2cccc(NC(=O)c3c(F)cccc3F)c2)nn1. The number of nitrogens with one attached hydrogen (secondary N) is 1. The molecule has 0 aliphatic carbocycles. The van der Waals surface area contributed by atoms with Crippen molar-refractivity contribution in [3.63, 3.8) is 0 Å². The van der Waals surface area contributed by atoms with Gasteiger partial charge < -0.3 is 5.32 Å². The lowest BCUT2D eigenvalue weighted by molar-refractivity contribution is 0.101. The molecule has 2 aromatic carbocycles. The van der Waals surface area contributed by atoms with Crippen LogP contribution in [-0.2, 0) is 9.84 Å². The van der Waals surface area contributed by atoms with Crippen LogP contribution in [0.15, 0.2) is 59.6 Å². The fourth-order valence-electron chi connectivity index (χ4n) is 2.34. The standard InChI is InChI=1S/C18H13F2N3O3S/c1-27(25,26)16-9-8-15(22-23-16)11-4-2-5-12(10-11)21-18(24)17-13(19)6-3-7-14(17)20/h2-10H,1H3,(H,21,24). The number of sulfone groups is 1. The van der Waals surface area contributed by atoms with E-state index in [-0.39, 0.29) is 10.7 Å². The summed E-state index contributed by atoms with van der Waals surface area (Å²) in [6.07, 6.45) is 1.02. The highest BCUT2D eigenvalue weighted by molar-refractivity contribution is 7.90. The number of carbonyl (C=O) groups excluding carboxylic acids is 1. The lowest BCUT2D eigenvalue weighted by Crippen LogP contribution is -2.15. The molecule has 27 heavy (non-hydrogen) atoms. The largest absolute Gasteiger partial charge is 0.322 e. The van der Waals surface area contributed by atoms with Gasteiger partial charge in [-0.05, 0) is 36.4 Å². The van der Waals surface area contributed by atoms with E-state index in [4.69, 9.17) is 0 Å². The van der Waals surface area contributed by atoms with E-state index < -0.39 is 32.9 Å². The third kappa shape index (κ3) is 4.14. The number of benzene rings is 2. The van der Waals surface area contributed by atoms with Gasteiger partial charge in [0.2, 0.25) is 0 Å². The Morgan fingerprint density at radius 1 is 0.963 bits per heavy atom. The highest BCUT2D eigenvalue weighted by atomic mass is 32.2. The molecule has 6 nitrogen and oxygen atoms in total. The van der Waals surface area contributed by atoms with Gasteiger partial charge in [0.25, 0.3) is 5.91 Å². The maximum absolute atomic E-state index is 13.7. The van der Waals surface area contributed by atoms with E-state index in [0.717, 1.165) is 18.4 Å². The molecule has 0 spiro atoms. The molecule has 3 aromatic rings. The van der Waals surface area contributed by atoms with Crippen LogP contribution in [0.1, 0.15) is 10.4 Å². The van der Waals surface area contributed by atoms with Crippen LogP contribution in [0, 0.1) is 11.6 Å². The van der Waals surface area contributed by atoms with Crippen molar-refractivity contribution < 1.29 is 22.0 Å². The highest BCUT2D eigenvalue weighted by Gasteiger charge is 2.17. The van der Waals surface area contributed by atoms with Crippen molar-refractivity contribution in [2.24, 2.45) is 0 Å². The Kier molecular flexibility index (Phi) is 4.95. The Hall–Kier alpha value is -3.20. The number of amides is 1. The summed E-state index contributed by atoms with van der Waals surface area (Å²) in [7, 11) is -3.47. The average molecular weight is 389 g/mol. The first kappa shape index (κ1) is 18.6. The van der Waals surface area contributed by atoms with Crippen LogP contribution in [0.3, 0.4) is 0 Å². The van der Waals surface area contributed by atoms with Crippen LogP contribution in [0.25, 0.3) is 11.3 Å². The van der Waals surface area contributed by atoms with Crippen molar-refractivity contribution in [3.05, 3.63) is 71.8 Å². The highest BCUT2D eigenvalue weighted by Crippen LogP contribution is 2.22. The Balaban J connectivity index is 1.87. The molecule has 0 aliphatic rings. The zero-order valence-corrected chi connectivity index (χ0v) is 14.8. The fraction of sp³-hybridized carbons (Fsp3) is 0.0556. The molecule has 0 aliphatic heterocycles. The Labute approximate surface area is 153 Å². The third-order valence-electron chi connectivity index (χ3n) is 3.63. The van der Waals surface area contributed by atoms with Gasteiger partial charge in [-0.3, -0.25) is 4.79 Å². The van der Waals surface area contributed by atoms with E-state index in [1.54, 1.807) is 18.2 Å². The lowest BCUT2D eigenvalue weighted by atomic mass is 10.1. The molecule has 0 unspecified atom stereocenters. The van der Waals surface area contributed by atoms with Crippen LogP contribution in [0.2, 0.25) is 0 Å². The molecule has 1 N–H and O–H groups in total. The van der Waals surface area contributed by atoms with Crippen LogP contribution >= 0.6 is 0 Å². The minimum Gasteiger partial charge on any atom is -0.322 e. The van der Waals surface area contributed by atoms with Crippen molar-refractivity contribution in [2.75, 3.05) is 11.6 Å². The predicted molar refractivity (Wildman–Crippen MR) is 94.9 cm³/mol. The first-order valence-corrected chi connectivity index (χ1v) is 9.54. The van der Waals surface area contributed by atoms with Gasteiger partial charge in [0, 0.05) is 17.5 Å². The van der Waals surface area contributed by atoms with Crippen LogP contribution in [-0.4, -0.2) is 30.8 Å². The molecular formula is C18H13F2N3O3S. The third-order valence-corrected chi connectivity index (χ3v) is 4.60. The maximum Gasteiger partial charge on any atom is 0.261 e. The average Bonchev–Trinajstić information content (AvgIpc) is 2.61. The topological polar surface area (TPSA) is 89.0 Å². The van der Waals surface area contributed by atoms with Crippen molar-refractivity contribution in [3.8, 4) is 11.3 Å². The zero-order valence-electron chi connectivity index (χ0n) is 14.0. The summed E-state index contributed by atoms with van der Waals surface area (Å²) in [6.45, 7) is 0. The van der Waals surface area contributed by atoms with E-state index in [1.807, 2.05) is 0 Å². The van der Waals surface area contributed by atoms with Gasteiger partial charge in [-0.1, -0.05) is 18.2 Å². The Morgan fingerprint density at radius 3 is 2.22 bits per heavy atom. The Bertz CT molecular complexity index is 1100. The van der Waals surface area contributed by atoms with Gasteiger partial charge in [0.15, 0.2) is 14.9 Å². The second-order valence-electron chi connectivity index (χ2n) is 5.66. The van der Waals surface area contributed by atoms with E-state index in [9.17, 15) is 22.0 Å². The lowest BCUT2D eigenvalue weighted by Gasteiger charge is -2.08. The summed E-state index contributed by atoms with van der Waals surface area (Å²) in [5.41, 5.74) is 0.513. The molecule has 1 aromatic heterocycles. The summed E-state index contributed by atoms with van der Waals surface area (Å²) in [6, 6.07) is 12.3. The molecule has 138 valence electrons. The first-order chi connectivity index (χ1) is 12.8. The normalized spacial score (nSPS) is 11.2. The zero-order chi connectivity index (χ0) is 19.6. The Morgan fingerprint density at radius 2 is 1.63 bits per heavy atom. The number of hydrogen-bond donors (Lipinski definition) is 1. The molecule has 1 amide bonds. The second kappa shape index (κ2) is 7.20. The molecular weight excluding hydrogens is 376 g/mol. The molecule has 0 atom stereocenters. The summed E-state index contributed by atoms with van der Waals surface area (Å²) >= 11 is 0. The number of nitrogens with zero attached hydrogens (tertiary/aromatic N) is 2. The van der Waals surface area contributed by atoms with Gasteiger partial charge in [0.05, 0.1) is 5.69 Å². The molecule has 0 saturated carbocycles. The summed E-state index contributed by atoms with van der Waals surface area (Å²) in [5.74, 6) is -2.86. The van der Waals surface area contributed by atoms with Crippen LogP contribution in [0.5, 0.6) is 0 Å². The number of hydrogen-bond acceptors (Lipinski definition) is 5. The first-order valence-electron chi connectivity index (χ1n) is 7.65. The van der Waals surface area contributed by atoms with Gasteiger partial charge in [-0.25, -0.2) is 17.2 Å². The quantitative estimate of drug-likeness (QED) is 0.741. The molecule has 9 heteroatoms. The number of carbonyl (C=O) groups is 1. The molecule has 0 radical (unpaired) electrons. The van der Waals surface area contributed by atoms with Crippen molar-refractivity contribution >= 4 is 21.4 Å². The van der Waals surface area contributed by atoms with Gasteiger partial charge in [0.1, 0.15) is 17.2 Å². The minimum atomic E-state index is -3.47. The van der Waals surface area contributed by atoms with Crippen molar-refractivity contribution in [2.45, 2.75) is 5.03 Å². The monoisotopic (exact) mass is 389 g/mol. The smallest absolute Gasteiger partial charge is 0.261 e. The van der Waals surface area contributed by atoms with Crippen molar-refractivity contribution in [1.29, 1.82) is 0 Å². The molecule has 1 heterocycles. The molecule has 3 rings (SSSR count). The predicted octanol–water partition coefficient (Wildman–Crippen LogP) is 3.08. The van der Waals surface area contributed by atoms with Gasteiger partial charge in [-0.2, -0.15) is 0 Å². The van der Waals surface area contributed by atoms with E-state index in [1.165, 1.54) is 24.3 Å². The van der Waals surface area contributed by atoms with E-state index >= 15 is 0 Å². The van der Waals surface area contributed by atoms with Crippen molar-refractivity contribution in [1.82, 2.24) is 10.2 Å². The number of rotatable bonds is 4. The van der Waals surface area contributed by atoms with E-state index in [0.29, 0.717) is 11.3 Å². The minimum absolute atomic E-state index is 0.161. The summed E-state index contributed by atoms with van der Waals surface area (Å²) in [5, 5.41) is 9.78. The number of anilines is 1. The summed E-state index contributed by atoms with van der Waals surface area (Å²) < 4.78 is 50.3. The molecule has 0 bridgehead atoms. The second-order valence-corrected chi connectivity index (χ2v) is 7.62. The van der Waals surface area contributed by atoms with Gasteiger partial charge >= 0.3 is 0 Å². The van der Waals surface area contributed by atoms with E-state index in [2.05, 4.69) is 15.5 Å². The number of halogens is 2. The van der Waals surface area contributed by atoms with Crippen LogP contribution < -0.4 is 5.32 Å². The fourth-order valence-corrected chi connectivity index (χ4v) is 2.84. The van der Waals surface area contributed by atoms with Crippen LogP contribution in [0.4, 0.5) is 14.5 Å². The molecule has 0 saturated heterocycles. The number of aromatic nitrogens is 2.